The third-order valence-electron chi connectivity index (χ3n) is 3.62. The minimum Gasteiger partial charge on any atom is -0.373 e. The van der Waals surface area contributed by atoms with E-state index in [1.807, 2.05) is 18.9 Å². The molecule has 0 aliphatic rings. The van der Waals surface area contributed by atoms with Crippen molar-refractivity contribution >= 4 is 5.69 Å². The molecule has 0 fully saturated rings. The van der Waals surface area contributed by atoms with Gasteiger partial charge >= 0.3 is 0 Å². The molecule has 0 spiro atoms. The smallest absolute Gasteiger partial charge is 0.268 e. The van der Waals surface area contributed by atoms with Gasteiger partial charge in [-0.1, -0.05) is 27.7 Å². The molecule has 1 N–H and O–H groups in total. The molecule has 1 rings (SSSR count). The minimum absolute atomic E-state index is 0.0463. The van der Waals surface area contributed by atoms with E-state index in [0.717, 1.165) is 18.8 Å². The first kappa shape index (κ1) is 16.7. The van der Waals surface area contributed by atoms with Crippen LogP contribution in [0.4, 0.5) is 5.69 Å². The van der Waals surface area contributed by atoms with Gasteiger partial charge in [-0.2, -0.15) is 5.10 Å². The molecule has 0 saturated carbocycles. The Kier molecular flexibility index (Phi) is 5.74. The molecule has 5 nitrogen and oxygen atoms in total. The summed E-state index contributed by atoms with van der Waals surface area (Å²) in [4.78, 5) is 14.2. The van der Waals surface area contributed by atoms with Crippen LogP contribution in [0.2, 0.25) is 0 Å². The summed E-state index contributed by atoms with van der Waals surface area (Å²) < 4.78 is 1.55. The Balaban J connectivity index is 2.95. The zero-order valence-corrected chi connectivity index (χ0v) is 13.6. The molecule has 0 amide bonds. The molecule has 0 aliphatic heterocycles. The molecule has 20 heavy (non-hydrogen) atoms. The topological polar surface area (TPSA) is 50.2 Å². The van der Waals surface area contributed by atoms with E-state index in [-0.39, 0.29) is 17.0 Å². The second-order valence-electron chi connectivity index (χ2n) is 6.22. The van der Waals surface area contributed by atoms with Crippen LogP contribution in [0.1, 0.15) is 34.6 Å². The number of hydrogen-bond donors (Lipinski definition) is 1. The molecule has 1 aromatic heterocycles. The van der Waals surface area contributed by atoms with Crippen LogP contribution in [0.15, 0.2) is 17.1 Å². The molecule has 0 saturated heterocycles. The number of anilines is 1. The highest BCUT2D eigenvalue weighted by molar-refractivity contribution is 5.41. The lowest BCUT2D eigenvalue weighted by Gasteiger charge is -2.31. The number of nitrogens with zero attached hydrogens (tertiary/aromatic N) is 3. The number of rotatable bonds is 6. The zero-order chi connectivity index (χ0) is 15.3. The Morgan fingerprint density at radius 3 is 2.50 bits per heavy atom. The minimum atomic E-state index is -0.0463. The van der Waals surface area contributed by atoms with E-state index in [4.69, 9.17) is 0 Å². The number of likely N-dealkylation sites (N-methyl/N-ethyl adjacent to an activating group) is 1. The average molecular weight is 280 g/mol. The van der Waals surface area contributed by atoms with Crippen molar-refractivity contribution in [2.24, 2.45) is 5.41 Å². The van der Waals surface area contributed by atoms with Gasteiger partial charge in [0.25, 0.3) is 5.56 Å². The standard InChI is InChI=1S/C15H28N4O/c1-7-16-13(15(3,4)5)11-19-14(20)9-12(10-17-19)18(6)8-2/h9-10,13,16H,7-8,11H2,1-6H3. The fraction of sp³-hybridized carbons (Fsp3) is 0.733. The Bertz CT molecular complexity index is 475. The normalized spacial score (nSPS) is 13.3. The van der Waals surface area contributed by atoms with Crippen molar-refractivity contribution < 1.29 is 0 Å². The molecule has 0 aliphatic carbocycles. The van der Waals surface area contributed by atoms with Crippen LogP contribution in [0.5, 0.6) is 0 Å². The summed E-state index contributed by atoms with van der Waals surface area (Å²) in [5.74, 6) is 0. The number of aromatic nitrogens is 2. The van der Waals surface area contributed by atoms with Gasteiger partial charge in [0.2, 0.25) is 0 Å². The second kappa shape index (κ2) is 6.88. The summed E-state index contributed by atoms with van der Waals surface area (Å²) in [5.41, 5.74) is 0.898. The Morgan fingerprint density at radius 2 is 2.05 bits per heavy atom. The van der Waals surface area contributed by atoms with Crippen molar-refractivity contribution in [1.82, 2.24) is 15.1 Å². The monoisotopic (exact) mass is 280 g/mol. The van der Waals surface area contributed by atoms with E-state index >= 15 is 0 Å². The molecule has 0 bridgehead atoms. The van der Waals surface area contributed by atoms with Crippen LogP contribution < -0.4 is 15.8 Å². The van der Waals surface area contributed by atoms with Crippen LogP contribution in [0.3, 0.4) is 0 Å². The SMILES string of the molecule is CCNC(Cn1ncc(N(C)CC)cc1=O)C(C)(C)C. The van der Waals surface area contributed by atoms with Crippen molar-refractivity contribution in [3.63, 3.8) is 0 Å². The first-order chi connectivity index (χ1) is 9.29. The maximum atomic E-state index is 12.2. The predicted molar refractivity (Wildman–Crippen MR) is 84.4 cm³/mol. The van der Waals surface area contributed by atoms with Gasteiger partial charge in [-0.05, 0) is 18.9 Å². The molecule has 1 unspecified atom stereocenters. The highest BCUT2D eigenvalue weighted by Crippen LogP contribution is 2.20. The molecule has 1 atom stereocenters. The van der Waals surface area contributed by atoms with Gasteiger partial charge in [-0.25, -0.2) is 4.68 Å². The van der Waals surface area contributed by atoms with Crippen LogP contribution >= 0.6 is 0 Å². The largest absolute Gasteiger partial charge is 0.373 e. The average Bonchev–Trinajstić information content (AvgIpc) is 2.38. The van der Waals surface area contributed by atoms with Crippen LogP contribution in [-0.2, 0) is 6.54 Å². The molecule has 5 heteroatoms. The van der Waals surface area contributed by atoms with Gasteiger partial charge in [0.05, 0.1) is 18.4 Å². The summed E-state index contributed by atoms with van der Waals surface area (Å²) in [5, 5.41) is 7.74. The van der Waals surface area contributed by atoms with Gasteiger partial charge in [-0.3, -0.25) is 4.79 Å². The highest BCUT2D eigenvalue weighted by Gasteiger charge is 2.24. The lowest BCUT2D eigenvalue weighted by atomic mass is 9.86. The third kappa shape index (κ3) is 4.34. The summed E-state index contributed by atoms with van der Waals surface area (Å²) in [6.45, 7) is 13.0. The first-order valence-corrected chi connectivity index (χ1v) is 7.31. The molecular formula is C15H28N4O. The van der Waals surface area contributed by atoms with Gasteiger partial charge in [0.15, 0.2) is 0 Å². The molecule has 1 aromatic rings. The van der Waals surface area contributed by atoms with E-state index in [2.05, 4.69) is 38.1 Å². The lowest BCUT2D eigenvalue weighted by molar-refractivity contribution is 0.235. The summed E-state index contributed by atoms with van der Waals surface area (Å²) in [7, 11) is 1.96. The maximum Gasteiger partial charge on any atom is 0.268 e. The Morgan fingerprint density at radius 1 is 1.40 bits per heavy atom. The fourth-order valence-corrected chi connectivity index (χ4v) is 2.02. The van der Waals surface area contributed by atoms with E-state index in [0.29, 0.717) is 6.54 Å². The third-order valence-corrected chi connectivity index (χ3v) is 3.62. The van der Waals surface area contributed by atoms with Crippen molar-refractivity contribution in [2.45, 2.75) is 47.2 Å². The summed E-state index contributed by atoms with van der Waals surface area (Å²) in [6.07, 6.45) is 1.76. The van der Waals surface area contributed by atoms with E-state index in [9.17, 15) is 4.79 Å². The number of hydrogen-bond acceptors (Lipinski definition) is 4. The maximum absolute atomic E-state index is 12.2. The Labute approximate surface area is 122 Å². The second-order valence-corrected chi connectivity index (χ2v) is 6.22. The van der Waals surface area contributed by atoms with Gasteiger partial charge in [0, 0.05) is 25.7 Å². The molecule has 1 heterocycles. The highest BCUT2D eigenvalue weighted by atomic mass is 16.1. The first-order valence-electron chi connectivity index (χ1n) is 7.31. The van der Waals surface area contributed by atoms with Crippen LogP contribution in [0, 0.1) is 5.41 Å². The van der Waals surface area contributed by atoms with Crippen molar-refractivity contribution in [3.8, 4) is 0 Å². The van der Waals surface area contributed by atoms with Gasteiger partial charge in [-0.15, -0.1) is 0 Å². The van der Waals surface area contributed by atoms with E-state index in [1.165, 1.54) is 0 Å². The molecule has 114 valence electrons. The van der Waals surface area contributed by atoms with Gasteiger partial charge < -0.3 is 10.2 Å². The lowest BCUT2D eigenvalue weighted by Crippen LogP contribution is -2.45. The molecule has 0 radical (unpaired) electrons. The van der Waals surface area contributed by atoms with E-state index in [1.54, 1.807) is 16.9 Å². The van der Waals surface area contributed by atoms with Crippen molar-refractivity contribution in [1.29, 1.82) is 0 Å². The predicted octanol–water partition coefficient (Wildman–Crippen LogP) is 1.72. The van der Waals surface area contributed by atoms with Crippen molar-refractivity contribution in [3.05, 3.63) is 22.6 Å². The van der Waals surface area contributed by atoms with Crippen molar-refractivity contribution in [2.75, 3.05) is 25.0 Å². The summed E-state index contributed by atoms with van der Waals surface area (Å²) in [6, 6.07) is 1.87. The van der Waals surface area contributed by atoms with Crippen LogP contribution in [0.25, 0.3) is 0 Å². The number of nitrogens with one attached hydrogen (secondary N) is 1. The fourth-order valence-electron chi connectivity index (χ4n) is 2.02. The molecular weight excluding hydrogens is 252 g/mol. The Hall–Kier alpha value is -1.36. The quantitative estimate of drug-likeness (QED) is 0.862. The van der Waals surface area contributed by atoms with Gasteiger partial charge in [0.1, 0.15) is 0 Å². The summed E-state index contributed by atoms with van der Waals surface area (Å²) >= 11 is 0. The van der Waals surface area contributed by atoms with E-state index < -0.39 is 0 Å². The zero-order valence-electron chi connectivity index (χ0n) is 13.6. The molecule has 0 aromatic carbocycles. The van der Waals surface area contributed by atoms with Crippen LogP contribution in [-0.4, -0.2) is 36.0 Å².